The van der Waals surface area contributed by atoms with Gasteiger partial charge in [0.15, 0.2) is 12.4 Å². The lowest BCUT2D eigenvalue weighted by atomic mass is 10.0. The summed E-state index contributed by atoms with van der Waals surface area (Å²) < 4.78 is 22.9. The van der Waals surface area contributed by atoms with Gasteiger partial charge in [-0.15, -0.1) is 0 Å². The summed E-state index contributed by atoms with van der Waals surface area (Å²) in [6.07, 6.45) is 105. The van der Waals surface area contributed by atoms with E-state index in [4.69, 9.17) is 18.9 Å². The molecular formula is C90H167NO8. The molecule has 0 aromatic carbocycles. The maximum absolute atomic E-state index is 13.0. The van der Waals surface area contributed by atoms with E-state index in [0.29, 0.717) is 17.4 Å². The molecule has 0 amide bonds. The Balaban J connectivity index is 3.91. The Morgan fingerprint density at radius 3 is 0.869 bits per heavy atom. The maximum atomic E-state index is 13.0. The SMILES string of the molecule is CC/C=C\C/C=C\C/C=C\C/C=C\CCCCCCCCCCCCCCCCCCCCCCCCCCCCC(=O)OC(COC(=O)CCCCCCCCCCCCCCCCCCCCCCCCC/C=C\CCCCCCCCCC)COC(OCC[N+](C)(C)C)C(=O)[O-]. The fourth-order valence-electron chi connectivity index (χ4n) is 13.2. The first-order valence-electron chi connectivity index (χ1n) is 43.4. The van der Waals surface area contributed by atoms with Crippen LogP contribution in [0.4, 0.5) is 0 Å². The van der Waals surface area contributed by atoms with Crippen molar-refractivity contribution >= 4 is 17.9 Å². The van der Waals surface area contributed by atoms with Crippen LogP contribution >= 0.6 is 0 Å². The monoisotopic (exact) mass is 1390 g/mol. The number of aliphatic carboxylic acids is 1. The quantitative estimate of drug-likeness (QED) is 0.0195. The number of quaternary nitrogens is 1. The molecule has 0 aliphatic carbocycles. The van der Waals surface area contributed by atoms with Gasteiger partial charge in [0.25, 0.3) is 0 Å². The van der Waals surface area contributed by atoms with Crippen LogP contribution in [0, 0.1) is 0 Å². The molecule has 2 atom stereocenters. The highest BCUT2D eigenvalue weighted by atomic mass is 16.7. The Hall–Kier alpha value is -3.01. The van der Waals surface area contributed by atoms with Crippen LogP contribution < -0.4 is 5.11 Å². The van der Waals surface area contributed by atoms with Gasteiger partial charge >= 0.3 is 11.9 Å². The van der Waals surface area contributed by atoms with Gasteiger partial charge in [-0.2, -0.15) is 0 Å². The molecule has 580 valence electrons. The van der Waals surface area contributed by atoms with Gasteiger partial charge in [-0.1, -0.05) is 408 Å². The van der Waals surface area contributed by atoms with Crippen molar-refractivity contribution in [3.63, 3.8) is 0 Å². The van der Waals surface area contributed by atoms with E-state index in [-0.39, 0.29) is 32.2 Å². The Kier molecular flexibility index (Phi) is 78.2. The Morgan fingerprint density at radius 2 is 0.576 bits per heavy atom. The fraction of sp³-hybridized carbons (Fsp3) is 0.856. The summed E-state index contributed by atoms with van der Waals surface area (Å²) >= 11 is 0. The number of ether oxygens (including phenoxy) is 4. The van der Waals surface area contributed by atoms with Gasteiger partial charge in [0.1, 0.15) is 13.2 Å². The topological polar surface area (TPSA) is 111 Å². The van der Waals surface area contributed by atoms with Crippen molar-refractivity contribution in [1.82, 2.24) is 0 Å². The summed E-state index contributed by atoms with van der Waals surface area (Å²) in [7, 11) is 5.96. The number of carbonyl (C=O) groups is 3. The summed E-state index contributed by atoms with van der Waals surface area (Å²) in [4.78, 5) is 37.7. The summed E-state index contributed by atoms with van der Waals surface area (Å²) in [5.74, 6) is -2.25. The minimum atomic E-state index is -1.62. The van der Waals surface area contributed by atoms with Gasteiger partial charge in [0.2, 0.25) is 0 Å². The van der Waals surface area contributed by atoms with Crippen LogP contribution in [0.15, 0.2) is 60.8 Å². The molecule has 0 aromatic heterocycles. The summed E-state index contributed by atoms with van der Waals surface area (Å²) in [5.41, 5.74) is 0. The Morgan fingerprint density at radius 1 is 0.313 bits per heavy atom. The Bertz CT molecular complexity index is 1820. The molecule has 9 heteroatoms. The van der Waals surface area contributed by atoms with Crippen LogP contribution in [0.1, 0.15) is 438 Å². The number of likely N-dealkylation sites (N-methyl/N-ethyl adjacent to an activating group) is 1. The molecule has 0 aromatic rings. The fourth-order valence-corrected chi connectivity index (χ4v) is 13.2. The highest BCUT2D eigenvalue weighted by Gasteiger charge is 2.22. The van der Waals surface area contributed by atoms with Gasteiger partial charge in [0, 0.05) is 12.8 Å². The van der Waals surface area contributed by atoms with Crippen LogP contribution in [0.25, 0.3) is 0 Å². The first-order chi connectivity index (χ1) is 48.6. The van der Waals surface area contributed by atoms with Crippen molar-refractivity contribution < 1.29 is 42.9 Å². The highest BCUT2D eigenvalue weighted by molar-refractivity contribution is 5.70. The third-order valence-corrected chi connectivity index (χ3v) is 19.7. The van der Waals surface area contributed by atoms with E-state index in [1.54, 1.807) is 0 Å². The number of carbonyl (C=O) groups excluding carboxylic acids is 3. The first-order valence-corrected chi connectivity index (χ1v) is 43.4. The summed E-state index contributed by atoms with van der Waals surface area (Å²) in [6.45, 7) is 4.72. The second-order valence-electron chi connectivity index (χ2n) is 30.8. The van der Waals surface area contributed by atoms with Crippen molar-refractivity contribution in [2.24, 2.45) is 0 Å². The van der Waals surface area contributed by atoms with Gasteiger partial charge in [-0.05, 0) is 77.0 Å². The number of hydrogen-bond acceptors (Lipinski definition) is 8. The van der Waals surface area contributed by atoms with E-state index < -0.39 is 24.3 Å². The van der Waals surface area contributed by atoms with Crippen LogP contribution in [0.5, 0.6) is 0 Å². The van der Waals surface area contributed by atoms with E-state index >= 15 is 0 Å². The number of hydrogen-bond donors (Lipinski definition) is 0. The third kappa shape index (κ3) is 82.2. The van der Waals surface area contributed by atoms with Crippen molar-refractivity contribution in [2.45, 2.75) is 450 Å². The van der Waals surface area contributed by atoms with Crippen LogP contribution in [0.3, 0.4) is 0 Å². The molecule has 0 radical (unpaired) electrons. The number of carboxylic acids is 1. The molecule has 0 aliphatic rings. The molecule has 0 saturated heterocycles. The zero-order valence-electron chi connectivity index (χ0n) is 66.6. The summed E-state index contributed by atoms with van der Waals surface area (Å²) in [6, 6.07) is 0. The molecule has 0 heterocycles. The van der Waals surface area contributed by atoms with Gasteiger partial charge < -0.3 is 33.3 Å². The van der Waals surface area contributed by atoms with Gasteiger partial charge in [0.05, 0.1) is 40.3 Å². The van der Waals surface area contributed by atoms with E-state index in [1.165, 1.54) is 347 Å². The molecule has 0 spiro atoms. The van der Waals surface area contributed by atoms with Crippen molar-refractivity contribution in [3.05, 3.63) is 60.8 Å². The lowest BCUT2D eigenvalue weighted by molar-refractivity contribution is -0.870. The molecule has 0 aliphatic heterocycles. The van der Waals surface area contributed by atoms with E-state index in [1.807, 2.05) is 21.1 Å². The summed E-state index contributed by atoms with van der Waals surface area (Å²) in [5, 5.41) is 11.9. The van der Waals surface area contributed by atoms with Crippen LogP contribution in [-0.4, -0.2) is 82.3 Å². The number of carboxylic acid groups (broad SMARTS) is 1. The number of nitrogens with zero attached hydrogens (tertiary/aromatic N) is 1. The zero-order chi connectivity index (χ0) is 71.8. The van der Waals surface area contributed by atoms with Crippen LogP contribution in [0.2, 0.25) is 0 Å². The molecule has 0 N–H and O–H groups in total. The molecule has 0 saturated carbocycles. The molecular weight excluding hydrogens is 1220 g/mol. The molecule has 2 unspecified atom stereocenters. The molecule has 0 rings (SSSR count). The standard InChI is InChI=1S/C90H167NO8/c1-6-8-10-12-14-16-18-20-22-24-26-28-30-32-34-36-38-40-42-43-44-45-47-49-51-53-55-57-59-61-63-65-67-69-71-73-75-77-79-81-88(93)99-86(85-98-90(89(94)95)96-83-82-91(3,4)5)84-97-87(92)80-78-76-74-72-70-68-66-64-62-60-58-56-54-52-50-48-46-41-39-37-35-33-31-29-27-25-23-21-19-17-15-13-11-9-7-2/h8,10,14,16,20,22,25-28,86,90H,6-7,9,11-13,15,17-19,21,23-24,29-85H2,1-5H3/b10-8-,16-14-,22-20-,27-25-,28-26-. The minimum absolute atomic E-state index is 0.151. The number of esters is 2. The Labute approximate surface area is 615 Å². The normalized spacial score (nSPS) is 12.9. The predicted octanol–water partition coefficient (Wildman–Crippen LogP) is 26.8. The van der Waals surface area contributed by atoms with Gasteiger partial charge in [-0.25, -0.2) is 0 Å². The predicted molar refractivity (Wildman–Crippen MR) is 426 cm³/mol. The smallest absolute Gasteiger partial charge is 0.306 e. The molecule has 99 heavy (non-hydrogen) atoms. The number of rotatable bonds is 82. The second-order valence-corrected chi connectivity index (χ2v) is 30.8. The largest absolute Gasteiger partial charge is 0.545 e. The lowest BCUT2D eigenvalue weighted by Crippen LogP contribution is -2.44. The number of unbranched alkanes of at least 4 members (excludes halogenated alkanes) is 57. The molecule has 0 bridgehead atoms. The zero-order valence-corrected chi connectivity index (χ0v) is 66.6. The molecule has 0 fully saturated rings. The average Bonchev–Trinajstić information content (AvgIpc) is 1.14. The lowest BCUT2D eigenvalue weighted by Gasteiger charge is -2.26. The second kappa shape index (κ2) is 80.7. The maximum Gasteiger partial charge on any atom is 0.306 e. The van der Waals surface area contributed by atoms with Gasteiger partial charge in [-0.3, -0.25) is 9.59 Å². The van der Waals surface area contributed by atoms with Crippen molar-refractivity contribution in [3.8, 4) is 0 Å². The van der Waals surface area contributed by atoms with Crippen LogP contribution in [-0.2, 0) is 33.3 Å². The third-order valence-electron chi connectivity index (χ3n) is 19.7. The number of allylic oxidation sites excluding steroid dienone is 10. The van der Waals surface area contributed by atoms with Crippen molar-refractivity contribution in [1.29, 1.82) is 0 Å². The van der Waals surface area contributed by atoms with Crippen molar-refractivity contribution in [2.75, 3.05) is 47.5 Å². The molecule has 9 nitrogen and oxygen atoms in total. The highest BCUT2D eigenvalue weighted by Crippen LogP contribution is 2.20. The first kappa shape index (κ1) is 96.0. The van der Waals surface area contributed by atoms with E-state index in [9.17, 15) is 19.5 Å². The van der Waals surface area contributed by atoms with E-state index in [2.05, 4.69) is 74.6 Å². The van der Waals surface area contributed by atoms with E-state index in [0.717, 1.165) is 64.2 Å². The minimum Gasteiger partial charge on any atom is -0.545 e. The average molecular weight is 1390 g/mol.